The number of benzene rings is 2. The number of carbonyl (C=O) groups excluding carboxylic acids is 1. The molecule has 7 heteroatoms. The number of fused-ring (bicyclic) bond motifs is 1. The van der Waals surface area contributed by atoms with E-state index in [0.29, 0.717) is 6.54 Å². The number of likely N-dealkylation sites (tertiary alicyclic amines) is 1. The van der Waals surface area contributed by atoms with E-state index < -0.39 is 0 Å². The summed E-state index contributed by atoms with van der Waals surface area (Å²) in [4.78, 5) is 24.2. The van der Waals surface area contributed by atoms with Gasteiger partial charge < -0.3 is 9.88 Å². The average molecular weight is 460 g/mol. The number of carbonyl (C=O) groups is 1. The molecule has 1 aliphatic rings. The maximum atomic E-state index is 12.8. The molecule has 0 unspecified atom stereocenters. The Morgan fingerprint density at radius 2 is 1.91 bits per heavy atom. The number of piperidine rings is 1. The van der Waals surface area contributed by atoms with Crippen molar-refractivity contribution < 1.29 is 4.79 Å². The number of rotatable bonds is 6. The van der Waals surface area contributed by atoms with E-state index in [4.69, 9.17) is 16.6 Å². The number of amides is 1. The van der Waals surface area contributed by atoms with E-state index >= 15 is 0 Å². The lowest BCUT2D eigenvalue weighted by Crippen LogP contribution is -2.40. The van der Waals surface area contributed by atoms with Crippen LogP contribution in [0.15, 0.2) is 73.1 Å². The number of para-hydroxylation sites is 2. The summed E-state index contributed by atoms with van der Waals surface area (Å²) in [5.41, 5.74) is 4.02. The predicted molar refractivity (Wildman–Crippen MR) is 131 cm³/mol. The quantitative estimate of drug-likeness (QED) is 0.441. The molecule has 1 N–H and O–H groups in total. The number of nitrogens with one attached hydrogen (secondary N) is 1. The van der Waals surface area contributed by atoms with Crippen LogP contribution in [0.5, 0.6) is 0 Å². The van der Waals surface area contributed by atoms with Gasteiger partial charge in [-0.05, 0) is 61.3 Å². The molecule has 6 nitrogen and oxygen atoms in total. The summed E-state index contributed by atoms with van der Waals surface area (Å²) in [6.45, 7) is 3.11. The molecule has 0 bridgehead atoms. The Bertz CT molecular complexity index is 1240. The molecule has 0 saturated carbocycles. The SMILES string of the molecule is O=C(Nc1cccnc1)[C@@H]1CCCN(Cc2nc3ccccc3n2Cc2ccc(Cl)cc2)C1. The fourth-order valence-electron chi connectivity index (χ4n) is 4.49. The molecular formula is C26H26ClN5O. The minimum atomic E-state index is -0.0481. The van der Waals surface area contributed by atoms with Crippen LogP contribution in [0.1, 0.15) is 24.2 Å². The summed E-state index contributed by atoms with van der Waals surface area (Å²) in [7, 11) is 0. The van der Waals surface area contributed by atoms with Gasteiger partial charge in [0.2, 0.25) is 5.91 Å². The number of imidazole rings is 1. The second-order valence-corrected chi connectivity index (χ2v) is 8.97. The van der Waals surface area contributed by atoms with Gasteiger partial charge in [0.1, 0.15) is 5.82 Å². The van der Waals surface area contributed by atoms with Crippen LogP contribution in [0.25, 0.3) is 11.0 Å². The zero-order chi connectivity index (χ0) is 22.6. The van der Waals surface area contributed by atoms with Gasteiger partial charge >= 0.3 is 0 Å². The van der Waals surface area contributed by atoms with Crippen molar-refractivity contribution in [1.29, 1.82) is 0 Å². The fourth-order valence-corrected chi connectivity index (χ4v) is 4.62. The van der Waals surface area contributed by atoms with Crippen molar-refractivity contribution in [2.45, 2.75) is 25.9 Å². The summed E-state index contributed by atoms with van der Waals surface area (Å²) < 4.78 is 2.28. The highest BCUT2D eigenvalue weighted by molar-refractivity contribution is 6.30. The fraction of sp³-hybridized carbons (Fsp3) is 0.269. The van der Waals surface area contributed by atoms with Crippen molar-refractivity contribution in [3.8, 4) is 0 Å². The minimum absolute atomic E-state index is 0.0481. The molecule has 2 aromatic heterocycles. The second-order valence-electron chi connectivity index (χ2n) is 8.53. The largest absolute Gasteiger partial charge is 0.324 e. The van der Waals surface area contributed by atoms with Gasteiger partial charge in [-0.1, -0.05) is 35.9 Å². The van der Waals surface area contributed by atoms with Gasteiger partial charge in [-0.2, -0.15) is 0 Å². The van der Waals surface area contributed by atoms with Gasteiger partial charge in [0, 0.05) is 24.3 Å². The van der Waals surface area contributed by atoms with Crippen LogP contribution < -0.4 is 5.32 Å². The van der Waals surface area contributed by atoms with Gasteiger partial charge in [-0.25, -0.2) is 4.98 Å². The zero-order valence-corrected chi connectivity index (χ0v) is 19.1. The number of hydrogen-bond acceptors (Lipinski definition) is 4. The lowest BCUT2D eigenvalue weighted by Gasteiger charge is -2.31. The third-order valence-corrected chi connectivity index (χ3v) is 6.41. The third kappa shape index (κ3) is 5.07. The van der Waals surface area contributed by atoms with Gasteiger partial charge in [-0.3, -0.25) is 14.7 Å². The number of nitrogens with zero attached hydrogens (tertiary/aromatic N) is 4. The Kier molecular flexibility index (Phi) is 6.37. The summed E-state index contributed by atoms with van der Waals surface area (Å²) in [5.74, 6) is 1.02. The van der Waals surface area contributed by atoms with E-state index in [9.17, 15) is 4.79 Å². The molecule has 2 aromatic carbocycles. The highest BCUT2D eigenvalue weighted by Gasteiger charge is 2.27. The van der Waals surface area contributed by atoms with Gasteiger partial charge in [0.15, 0.2) is 0 Å². The molecule has 4 aromatic rings. The molecular weight excluding hydrogens is 434 g/mol. The van der Waals surface area contributed by atoms with E-state index in [-0.39, 0.29) is 11.8 Å². The van der Waals surface area contributed by atoms with Crippen LogP contribution >= 0.6 is 11.6 Å². The summed E-state index contributed by atoms with van der Waals surface area (Å²) >= 11 is 6.08. The van der Waals surface area contributed by atoms with E-state index in [1.165, 1.54) is 5.56 Å². The number of anilines is 1. The molecule has 0 aliphatic carbocycles. The molecule has 168 valence electrons. The van der Waals surface area contributed by atoms with Crippen molar-refractivity contribution in [2.24, 2.45) is 5.92 Å². The third-order valence-electron chi connectivity index (χ3n) is 6.16. The maximum Gasteiger partial charge on any atom is 0.228 e. The first-order chi connectivity index (χ1) is 16.2. The molecule has 1 fully saturated rings. The van der Waals surface area contributed by atoms with Gasteiger partial charge in [0.25, 0.3) is 0 Å². The van der Waals surface area contributed by atoms with Crippen LogP contribution in [0.3, 0.4) is 0 Å². The Labute approximate surface area is 198 Å². The van der Waals surface area contributed by atoms with Crippen LogP contribution in [-0.4, -0.2) is 38.4 Å². The smallest absolute Gasteiger partial charge is 0.228 e. The lowest BCUT2D eigenvalue weighted by molar-refractivity contribution is -0.121. The van der Waals surface area contributed by atoms with Crippen molar-refractivity contribution in [3.05, 3.63) is 89.5 Å². The average Bonchev–Trinajstić information content (AvgIpc) is 3.18. The summed E-state index contributed by atoms with van der Waals surface area (Å²) in [6, 6.07) is 19.9. The Morgan fingerprint density at radius 1 is 1.06 bits per heavy atom. The van der Waals surface area contributed by atoms with Crippen molar-refractivity contribution in [3.63, 3.8) is 0 Å². The molecule has 33 heavy (non-hydrogen) atoms. The number of hydrogen-bond donors (Lipinski definition) is 1. The van der Waals surface area contributed by atoms with E-state index in [1.54, 1.807) is 12.4 Å². The van der Waals surface area contributed by atoms with Crippen molar-refractivity contribution in [2.75, 3.05) is 18.4 Å². The monoisotopic (exact) mass is 459 g/mol. The standard InChI is InChI=1S/C26H26ClN5O/c27-21-11-9-19(10-12-21)16-32-24-8-2-1-7-23(24)30-25(32)18-31-14-4-5-20(17-31)26(33)29-22-6-3-13-28-15-22/h1-3,6-13,15,20H,4-5,14,16-18H2,(H,29,33)/t20-/m1/s1. The first-order valence-corrected chi connectivity index (χ1v) is 11.7. The van der Waals surface area contributed by atoms with Crippen molar-refractivity contribution in [1.82, 2.24) is 19.4 Å². The van der Waals surface area contributed by atoms with Gasteiger partial charge in [-0.15, -0.1) is 0 Å². The molecule has 5 rings (SSSR count). The Balaban J connectivity index is 1.34. The molecule has 1 amide bonds. The number of aromatic nitrogens is 3. The number of pyridine rings is 1. The molecule has 1 aliphatic heterocycles. The molecule has 0 radical (unpaired) electrons. The van der Waals surface area contributed by atoms with Crippen LogP contribution in [0.2, 0.25) is 5.02 Å². The van der Waals surface area contributed by atoms with E-state index in [2.05, 4.69) is 44.0 Å². The maximum absolute atomic E-state index is 12.8. The topological polar surface area (TPSA) is 63.1 Å². The van der Waals surface area contributed by atoms with Gasteiger partial charge in [0.05, 0.1) is 35.4 Å². The Hall–Kier alpha value is -3.22. The van der Waals surface area contributed by atoms with Crippen LogP contribution in [0.4, 0.5) is 5.69 Å². The summed E-state index contributed by atoms with van der Waals surface area (Å²) in [6.07, 6.45) is 5.26. The van der Waals surface area contributed by atoms with E-state index in [1.807, 2.05) is 36.4 Å². The minimum Gasteiger partial charge on any atom is -0.324 e. The predicted octanol–water partition coefficient (Wildman–Crippen LogP) is 4.98. The van der Waals surface area contributed by atoms with Crippen molar-refractivity contribution >= 4 is 34.2 Å². The van der Waals surface area contributed by atoms with Crippen LogP contribution in [-0.2, 0) is 17.9 Å². The van der Waals surface area contributed by atoms with Crippen LogP contribution in [0, 0.1) is 5.92 Å². The second kappa shape index (κ2) is 9.73. The lowest BCUT2D eigenvalue weighted by atomic mass is 9.97. The molecule has 1 atom stereocenters. The highest BCUT2D eigenvalue weighted by atomic mass is 35.5. The molecule has 0 spiro atoms. The molecule has 1 saturated heterocycles. The molecule has 3 heterocycles. The Morgan fingerprint density at radius 3 is 2.73 bits per heavy atom. The normalized spacial score (nSPS) is 16.7. The van der Waals surface area contributed by atoms with E-state index in [0.717, 1.165) is 60.0 Å². The zero-order valence-electron chi connectivity index (χ0n) is 18.3. The first-order valence-electron chi connectivity index (χ1n) is 11.3. The highest BCUT2D eigenvalue weighted by Crippen LogP contribution is 2.24. The number of halogens is 1. The first kappa shape index (κ1) is 21.6. The summed E-state index contributed by atoms with van der Waals surface area (Å²) in [5, 5.41) is 3.74.